The van der Waals surface area contributed by atoms with Crippen molar-refractivity contribution in [2.75, 3.05) is 32.8 Å². The Morgan fingerprint density at radius 2 is 1.77 bits per heavy atom. The highest BCUT2D eigenvalue weighted by Gasteiger charge is 2.32. The second kappa shape index (κ2) is 4.94. The van der Waals surface area contributed by atoms with Gasteiger partial charge in [0.05, 0.1) is 13.2 Å². The monoisotopic (exact) mass is 186 g/mol. The van der Waals surface area contributed by atoms with Gasteiger partial charge in [0, 0.05) is 25.2 Å². The van der Waals surface area contributed by atoms with Crippen LogP contribution in [-0.4, -0.2) is 43.3 Å². The predicted molar refractivity (Wildman–Crippen MR) is 54.8 cm³/mol. The Balaban J connectivity index is 2.60. The summed E-state index contributed by atoms with van der Waals surface area (Å²) in [6, 6.07) is 0. The molecule has 13 heavy (non-hydrogen) atoms. The maximum atomic E-state index is 5.88. The summed E-state index contributed by atoms with van der Waals surface area (Å²) in [5.74, 6) is 0. The predicted octanol–water partition coefficient (Wildman–Crippen LogP) is 0.836. The highest BCUT2D eigenvalue weighted by Crippen LogP contribution is 2.23. The van der Waals surface area contributed by atoms with Crippen molar-refractivity contribution >= 4 is 0 Å². The Morgan fingerprint density at radius 3 is 2.15 bits per heavy atom. The molecule has 1 aliphatic heterocycles. The van der Waals surface area contributed by atoms with Crippen LogP contribution in [-0.2, 0) is 4.74 Å². The van der Waals surface area contributed by atoms with Crippen molar-refractivity contribution in [2.24, 2.45) is 5.73 Å². The van der Waals surface area contributed by atoms with E-state index in [2.05, 4.69) is 18.7 Å². The van der Waals surface area contributed by atoms with E-state index in [9.17, 15) is 0 Å². The van der Waals surface area contributed by atoms with Gasteiger partial charge in [0.25, 0.3) is 0 Å². The second-order valence-electron chi connectivity index (χ2n) is 3.73. The number of ether oxygens (including phenoxy) is 1. The lowest BCUT2D eigenvalue weighted by Crippen LogP contribution is -2.56. The standard InChI is InChI=1S/C10H22N2O/c1-3-10(4-2,9-11)12-5-7-13-8-6-12/h3-9,11H2,1-2H3. The summed E-state index contributed by atoms with van der Waals surface area (Å²) < 4.78 is 5.35. The molecule has 0 radical (unpaired) electrons. The quantitative estimate of drug-likeness (QED) is 0.707. The van der Waals surface area contributed by atoms with Gasteiger partial charge in [0.2, 0.25) is 0 Å². The molecule has 0 atom stereocenters. The van der Waals surface area contributed by atoms with Crippen LogP contribution in [0.15, 0.2) is 0 Å². The molecule has 2 N–H and O–H groups in total. The number of hydrogen-bond acceptors (Lipinski definition) is 3. The summed E-state index contributed by atoms with van der Waals surface area (Å²) in [5.41, 5.74) is 6.10. The summed E-state index contributed by atoms with van der Waals surface area (Å²) in [6.07, 6.45) is 2.28. The SMILES string of the molecule is CCC(CC)(CN)N1CCOCC1. The van der Waals surface area contributed by atoms with Crippen molar-refractivity contribution in [2.45, 2.75) is 32.2 Å². The third kappa shape index (κ3) is 2.22. The zero-order chi connectivity index (χ0) is 9.73. The van der Waals surface area contributed by atoms with Crippen molar-refractivity contribution < 1.29 is 4.74 Å². The van der Waals surface area contributed by atoms with Crippen LogP contribution in [0.2, 0.25) is 0 Å². The van der Waals surface area contributed by atoms with E-state index in [1.807, 2.05) is 0 Å². The lowest BCUT2D eigenvalue weighted by Gasteiger charge is -2.44. The molecule has 0 aliphatic carbocycles. The van der Waals surface area contributed by atoms with E-state index in [1.165, 1.54) is 0 Å². The number of hydrogen-bond donors (Lipinski definition) is 1. The molecule has 78 valence electrons. The van der Waals surface area contributed by atoms with Crippen LogP contribution in [0.25, 0.3) is 0 Å². The summed E-state index contributed by atoms with van der Waals surface area (Å²) >= 11 is 0. The molecule has 0 aromatic rings. The highest BCUT2D eigenvalue weighted by atomic mass is 16.5. The van der Waals surface area contributed by atoms with Gasteiger partial charge in [0.1, 0.15) is 0 Å². The summed E-state index contributed by atoms with van der Waals surface area (Å²) in [5, 5.41) is 0. The molecule has 0 saturated carbocycles. The van der Waals surface area contributed by atoms with Crippen LogP contribution >= 0.6 is 0 Å². The van der Waals surface area contributed by atoms with E-state index in [0.717, 1.165) is 45.7 Å². The molecule has 3 nitrogen and oxygen atoms in total. The largest absolute Gasteiger partial charge is 0.379 e. The van der Waals surface area contributed by atoms with Crippen LogP contribution < -0.4 is 5.73 Å². The summed E-state index contributed by atoms with van der Waals surface area (Å²) in [7, 11) is 0. The third-order valence-electron chi connectivity index (χ3n) is 3.38. The van der Waals surface area contributed by atoms with E-state index < -0.39 is 0 Å². The number of rotatable bonds is 4. The smallest absolute Gasteiger partial charge is 0.0594 e. The minimum Gasteiger partial charge on any atom is -0.379 e. The zero-order valence-corrected chi connectivity index (χ0v) is 8.88. The third-order valence-corrected chi connectivity index (χ3v) is 3.38. The number of nitrogens with two attached hydrogens (primary N) is 1. The molecule has 0 amide bonds. The topological polar surface area (TPSA) is 38.5 Å². The average molecular weight is 186 g/mol. The van der Waals surface area contributed by atoms with Crippen LogP contribution in [0.4, 0.5) is 0 Å². The lowest BCUT2D eigenvalue weighted by atomic mass is 9.90. The molecule has 0 aromatic heterocycles. The van der Waals surface area contributed by atoms with Crippen LogP contribution in [0.5, 0.6) is 0 Å². The van der Waals surface area contributed by atoms with Crippen LogP contribution in [0, 0.1) is 0 Å². The van der Waals surface area contributed by atoms with Gasteiger partial charge in [-0.2, -0.15) is 0 Å². The molecule has 3 heteroatoms. The molecule has 0 bridgehead atoms. The van der Waals surface area contributed by atoms with Crippen molar-refractivity contribution in [3.63, 3.8) is 0 Å². The van der Waals surface area contributed by atoms with Gasteiger partial charge in [0.15, 0.2) is 0 Å². The fraction of sp³-hybridized carbons (Fsp3) is 1.00. The maximum Gasteiger partial charge on any atom is 0.0594 e. The van der Waals surface area contributed by atoms with Crippen molar-refractivity contribution in [1.82, 2.24) is 4.90 Å². The molecule has 0 spiro atoms. The number of morpholine rings is 1. The van der Waals surface area contributed by atoms with Gasteiger partial charge in [-0.3, -0.25) is 4.90 Å². The van der Waals surface area contributed by atoms with Crippen molar-refractivity contribution in [3.05, 3.63) is 0 Å². The normalized spacial score (nSPS) is 20.5. The molecule has 1 rings (SSSR count). The summed E-state index contributed by atoms with van der Waals surface area (Å²) in [6.45, 7) is 9.03. The van der Waals surface area contributed by atoms with Gasteiger partial charge >= 0.3 is 0 Å². The lowest BCUT2D eigenvalue weighted by molar-refractivity contribution is -0.0228. The maximum absolute atomic E-state index is 5.88. The Hall–Kier alpha value is -0.120. The molecule has 0 aromatic carbocycles. The number of nitrogens with zero attached hydrogens (tertiary/aromatic N) is 1. The molecule has 1 aliphatic rings. The van der Waals surface area contributed by atoms with Gasteiger partial charge in [-0.15, -0.1) is 0 Å². The van der Waals surface area contributed by atoms with E-state index in [-0.39, 0.29) is 5.54 Å². The Bertz CT molecular complexity index is 132. The van der Waals surface area contributed by atoms with Gasteiger partial charge in [-0.25, -0.2) is 0 Å². The molecule has 1 saturated heterocycles. The Kier molecular flexibility index (Phi) is 4.16. The first-order chi connectivity index (χ1) is 6.29. The van der Waals surface area contributed by atoms with E-state index in [4.69, 9.17) is 10.5 Å². The fourth-order valence-corrected chi connectivity index (χ4v) is 2.15. The Labute approximate surface area is 81.2 Å². The fourth-order valence-electron chi connectivity index (χ4n) is 2.15. The minimum atomic E-state index is 0.226. The van der Waals surface area contributed by atoms with E-state index >= 15 is 0 Å². The molecule has 1 heterocycles. The Morgan fingerprint density at radius 1 is 1.23 bits per heavy atom. The average Bonchev–Trinajstić information content (AvgIpc) is 2.23. The van der Waals surface area contributed by atoms with Gasteiger partial charge in [-0.05, 0) is 12.8 Å². The first kappa shape index (κ1) is 11.0. The first-order valence-corrected chi connectivity index (χ1v) is 5.32. The van der Waals surface area contributed by atoms with E-state index in [0.29, 0.717) is 0 Å². The van der Waals surface area contributed by atoms with Gasteiger partial charge in [-0.1, -0.05) is 13.8 Å². The van der Waals surface area contributed by atoms with Crippen LogP contribution in [0.1, 0.15) is 26.7 Å². The van der Waals surface area contributed by atoms with Gasteiger partial charge < -0.3 is 10.5 Å². The van der Waals surface area contributed by atoms with Crippen molar-refractivity contribution in [1.29, 1.82) is 0 Å². The highest BCUT2D eigenvalue weighted by molar-refractivity contribution is 4.90. The summed E-state index contributed by atoms with van der Waals surface area (Å²) in [4.78, 5) is 2.50. The zero-order valence-electron chi connectivity index (χ0n) is 8.88. The first-order valence-electron chi connectivity index (χ1n) is 5.32. The molecular weight excluding hydrogens is 164 g/mol. The minimum absolute atomic E-state index is 0.226. The van der Waals surface area contributed by atoms with E-state index in [1.54, 1.807) is 0 Å². The molecule has 0 unspecified atom stereocenters. The van der Waals surface area contributed by atoms with Crippen LogP contribution in [0.3, 0.4) is 0 Å². The van der Waals surface area contributed by atoms with Crippen molar-refractivity contribution in [3.8, 4) is 0 Å². The molecule has 1 fully saturated rings. The second-order valence-corrected chi connectivity index (χ2v) is 3.73. The molecular formula is C10H22N2O.